The summed E-state index contributed by atoms with van der Waals surface area (Å²) < 4.78 is 7.68. The highest BCUT2D eigenvalue weighted by atomic mass is 35.5. The number of nitriles is 1. The van der Waals surface area contributed by atoms with Gasteiger partial charge in [-0.1, -0.05) is 72.3 Å². The molecule has 4 aromatic carbocycles. The second kappa shape index (κ2) is 12.8. The van der Waals surface area contributed by atoms with E-state index < -0.39 is 5.91 Å². The summed E-state index contributed by atoms with van der Waals surface area (Å²) >= 11 is 5.97. The predicted octanol–water partition coefficient (Wildman–Crippen LogP) is 7.56. The molecule has 5 rings (SSSR count). The van der Waals surface area contributed by atoms with E-state index in [9.17, 15) is 10.1 Å². The van der Waals surface area contributed by atoms with Crippen LogP contribution in [0.2, 0.25) is 5.02 Å². The molecule has 0 saturated carbocycles. The van der Waals surface area contributed by atoms with Gasteiger partial charge in [-0.2, -0.15) is 10.4 Å². The van der Waals surface area contributed by atoms with Gasteiger partial charge in [-0.15, -0.1) is 0 Å². The van der Waals surface area contributed by atoms with Gasteiger partial charge in [-0.25, -0.2) is 4.68 Å². The average molecular weight is 559 g/mol. The van der Waals surface area contributed by atoms with Crippen molar-refractivity contribution in [2.75, 3.05) is 0 Å². The second-order valence-corrected chi connectivity index (χ2v) is 9.86. The molecule has 0 radical (unpaired) electrons. The average Bonchev–Trinajstić information content (AvgIpc) is 3.44. The summed E-state index contributed by atoms with van der Waals surface area (Å²) in [5.74, 6) is 0.253. The number of aromatic nitrogens is 2. The van der Waals surface area contributed by atoms with Crippen LogP contribution in [0, 0.1) is 11.3 Å². The van der Waals surface area contributed by atoms with E-state index in [1.807, 2.05) is 122 Å². The second-order valence-electron chi connectivity index (χ2n) is 9.43. The van der Waals surface area contributed by atoms with Crippen LogP contribution in [-0.2, 0) is 11.4 Å². The van der Waals surface area contributed by atoms with Gasteiger partial charge in [0.1, 0.15) is 24.0 Å². The van der Waals surface area contributed by atoms with Crippen molar-refractivity contribution in [2.45, 2.75) is 19.6 Å². The Labute approximate surface area is 244 Å². The topological polar surface area (TPSA) is 79.9 Å². The molecule has 0 spiro atoms. The molecule has 0 fully saturated rings. The van der Waals surface area contributed by atoms with E-state index in [1.54, 1.807) is 10.8 Å². The molecular weight excluding hydrogens is 532 g/mol. The molecule has 1 atom stereocenters. The van der Waals surface area contributed by atoms with Crippen molar-refractivity contribution in [1.82, 2.24) is 15.1 Å². The molecule has 1 unspecified atom stereocenters. The van der Waals surface area contributed by atoms with Crippen molar-refractivity contribution in [3.63, 3.8) is 0 Å². The minimum atomic E-state index is -0.451. The van der Waals surface area contributed by atoms with Crippen LogP contribution in [0.3, 0.4) is 0 Å². The first-order valence-electron chi connectivity index (χ1n) is 13.1. The number of carbonyl (C=O) groups excluding carboxylic acids is 1. The molecule has 1 amide bonds. The normalized spacial score (nSPS) is 11.9. The summed E-state index contributed by atoms with van der Waals surface area (Å²) in [5, 5.41) is 18.3. The Kier molecular flexibility index (Phi) is 8.58. The van der Waals surface area contributed by atoms with Gasteiger partial charge in [0.15, 0.2) is 0 Å². The number of hydrogen-bond donors (Lipinski definition) is 1. The monoisotopic (exact) mass is 558 g/mol. The van der Waals surface area contributed by atoms with E-state index in [2.05, 4.69) is 11.4 Å². The van der Waals surface area contributed by atoms with Crippen LogP contribution in [0.15, 0.2) is 121 Å². The van der Waals surface area contributed by atoms with Crippen LogP contribution in [-0.4, -0.2) is 15.7 Å². The van der Waals surface area contributed by atoms with Crippen LogP contribution in [0.5, 0.6) is 5.75 Å². The summed E-state index contributed by atoms with van der Waals surface area (Å²) in [6.07, 6.45) is 3.40. The fourth-order valence-corrected chi connectivity index (χ4v) is 4.42. The van der Waals surface area contributed by atoms with Gasteiger partial charge in [0.2, 0.25) is 0 Å². The zero-order chi connectivity index (χ0) is 28.6. The zero-order valence-corrected chi connectivity index (χ0v) is 23.1. The number of para-hydroxylation sites is 1. The number of nitrogens with zero attached hydrogens (tertiary/aromatic N) is 3. The highest BCUT2D eigenvalue weighted by Gasteiger charge is 2.17. The lowest BCUT2D eigenvalue weighted by Gasteiger charge is -2.13. The molecule has 41 heavy (non-hydrogen) atoms. The number of halogens is 1. The summed E-state index contributed by atoms with van der Waals surface area (Å²) in [7, 11) is 0. The van der Waals surface area contributed by atoms with E-state index in [-0.39, 0.29) is 11.6 Å². The minimum absolute atomic E-state index is 0.00967. The molecule has 0 aliphatic carbocycles. The number of carbonyl (C=O) groups is 1. The molecule has 0 saturated heterocycles. The van der Waals surface area contributed by atoms with Gasteiger partial charge in [0, 0.05) is 22.3 Å². The Balaban J connectivity index is 1.42. The first-order valence-corrected chi connectivity index (χ1v) is 13.5. The number of rotatable bonds is 9. The van der Waals surface area contributed by atoms with Gasteiger partial charge >= 0.3 is 0 Å². The summed E-state index contributed by atoms with van der Waals surface area (Å²) in [6.45, 7) is 2.30. The van der Waals surface area contributed by atoms with Crippen molar-refractivity contribution >= 4 is 23.6 Å². The van der Waals surface area contributed by atoms with Gasteiger partial charge in [0.05, 0.1) is 17.4 Å². The molecular formula is C34H27ClN4O2. The standard InChI is InChI=1S/C34H27ClN4O2/c1-24(26-8-4-2-5-9-26)37-34(40)28(21-36)20-29-22-39(31-10-6-3-7-11-31)38-33(29)27-14-18-32(19-15-27)41-23-25-12-16-30(35)17-13-25/h2-20,22,24H,23H2,1H3,(H,37,40). The van der Waals surface area contributed by atoms with E-state index in [1.165, 1.54) is 0 Å². The van der Waals surface area contributed by atoms with Gasteiger partial charge in [-0.3, -0.25) is 4.79 Å². The number of ether oxygens (including phenoxy) is 1. The Bertz CT molecular complexity index is 1690. The van der Waals surface area contributed by atoms with Gasteiger partial charge in [0.25, 0.3) is 5.91 Å². The van der Waals surface area contributed by atoms with Crippen molar-refractivity contribution in [1.29, 1.82) is 5.26 Å². The molecule has 0 aliphatic rings. The Morgan fingerprint density at radius 1 is 0.976 bits per heavy atom. The Morgan fingerprint density at radius 3 is 2.29 bits per heavy atom. The molecule has 1 heterocycles. The largest absolute Gasteiger partial charge is 0.489 e. The van der Waals surface area contributed by atoms with Crippen LogP contribution >= 0.6 is 11.6 Å². The summed E-state index contributed by atoms with van der Waals surface area (Å²) in [6, 6.07) is 36.2. The predicted molar refractivity (Wildman–Crippen MR) is 161 cm³/mol. The fourth-order valence-electron chi connectivity index (χ4n) is 4.29. The molecule has 7 heteroatoms. The lowest BCUT2D eigenvalue weighted by Crippen LogP contribution is -2.27. The van der Waals surface area contributed by atoms with E-state index >= 15 is 0 Å². The maximum Gasteiger partial charge on any atom is 0.262 e. The van der Waals surface area contributed by atoms with Gasteiger partial charge in [-0.05, 0) is 72.7 Å². The highest BCUT2D eigenvalue weighted by Crippen LogP contribution is 2.28. The highest BCUT2D eigenvalue weighted by molar-refractivity contribution is 6.30. The number of amides is 1. The van der Waals surface area contributed by atoms with Crippen LogP contribution < -0.4 is 10.1 Å². The number of nitrogens with one attached hydrogen (secondary N) is 1. The van der Waals surface area contributed by atoms with Crippen LogP contribution in [0.25, 0.3) is 23.0 Å². The smallest absolute Gasteiger partial charge is 0.262 e. The Morgan fingerprint density at radius 2 is 1.63 bits per heavy atom. The summed E-state index contributed by atoms with van der Waals surface area (Å²) in [5.41, 5.74) is 4.91. The molecule has 0 aliphatic heterocycles. The number of hydrogen-bond acceptors (Lipinski definition) is 4. The third-order valence-corrected chi connectivity index (χ3v) is 6.77. The maximum atomic E-state index is 13.1. The first-order chi connectivity index (χ1) is 20.0. The third kappa shape index (κ3) is 6.91. The van der Waals surface area contributed by atoms with Crippen LogP contribution in [0.1, 0.15) is 29.7 Å². The molecule has 0 bridgehead atoms. The third-order valence-electron chi connectivity index (χ3n) is 6.52. The number of benzene rings is 4. The van der Waals surface area contributed by atoms with Crippen molar-refractivity contribution in [2.24, 2.45) is 0 Å². The van der Waals surface area contributed by atoms with E-state index in [0.29, 0.717) is 28.6 Å². The molecule has 5 aromatic rings. The quantitative estimate of drug-likeness (QED) is 0.149. The van der Waals surface area contributed by atoms with Crippen molar-refractivity contribution in [3.8, 4) is 28.8 Å². The lowest BCUT2D eigenvalue weighted by molar-refractivity contribution is -0.117. The Hall–Kier alpha value is -5.12. The minimum Gasteiger partial charge on any atom is -0.489 e. The van der Waals surface area contributed by atoms with Crippen molar-refractivity contribution < 1.29 is 9.53 Å². The molecule has 6 nitrogen and oxygen atoms in total. The van der Waals surface area contributed by atoms with E-state index in [0.717, 1.165) is 22.4 Å². The van der Waals surface area contributed by atoms with Gasteiger partial charge < -0.3 is 10.1 Å². The molecule has 202 valence electrons. The first kappa shape index (κ1) is 27.4. The van der Waals surface area contributed by atoms with Crippen LogP contribution in [0.4, 0.5) is 0 Å². The zero-order valence-electron chi connectivity index (χ0n) is 22.4. The SMILES string of the molecule is CC(NC(=O)C(C#N)=Cc1cn(-c2ccccc2)nc1-c1ccc(OCc2ccc(Cl)cc2)cc1)c1ccccc1. The van der Waals surface area contributed by atoms with Crippen molar-refractivity contribution in [3.05, 3.63) is 143 Å². The lowest BCUT2D eigenvalue weighted by atomic mass is 10.0. The molecule has 1 N–H and O–H groups in total. The molecule has 1 aromatic heterocycles. The van der Waals surface area contributed by atoms with E-state index in [4.69, 9.17) is 21.4 Å². The fraction of sp³-hybridized carbons (Fsp3) is 0.0882. The summed E-state index contributed by atoms with van der Waals surface area (Å²) in [4.78, 5) is 13.1. The maximum absolute atomic E-state index is 13.1.